The Labute approximate surface area is 167 Å². The molecule has 7 heteroatoms. The smallest absolute Gasteiger partial charge is 0.232 e. The molecule has 2 atom stereocenters. The van der Waals surface area contributed by atoms with E-state index in [1.165, 1.54) is 0 Å². The lowest BCUT2D eigenvalue weighted by Crippen LogP contribution is -2.46. The quantitative estimate of drug-likeness (QED) is 0.840. The maximum absolute atomic E-state index is 14.0. The summed E-state index contributed by atoms with van der Waals surface area (Å²) in [7, 11) is 1.55. The fraction of sp³-hybridized carbons (Fsp3) is 0.364. The zero-order chi connectivity index (χ0) is 20.6. The van der Waals surface area contributed by atoms with Crippen LogP contribution in [0.25, 0.3) is 0 Å². The van der Waals surface area contributed by atoms with Crippen LogP contribution in [0, 0.1) is 11.6 Å². The van der Waals surface area contributed by atoms with E-state index in [4.69, 9.17) is 4.74 Å². The number of nitrogens with one attached hydrogen (secondary N) is 1. The predicted octanol–water partition coefficient (Wildman–Crippen LogP) is 2.92. The number of halogens is 2. The fourth-order valence-electron chi connectivity index (χ4n) is 4.43. The van der Waals surface area contributed by atoms with Crippen molar-refractivity contribution >= 4 is 11.8 Å². The largest absolute Gasteiger partial charge is 0.497 e. The molecule has 0 spiro atoms. The number of rotatable bonds is 5. The number of methoxy groups -OCH3 is 1. The van der Waals surface area contributed by atoms with E-state index in [1.807, 2.05) is 6.07 Å². The first-order chi connectivity index (χ1) is 13.9. The van der Waals surface area contributed by atoms with Crippen LogP contribution in [0.2, 0.25) is 0 Å². The van der Waals surface area contributed by atoms with Gasteiger partial charge in [0.25, 0.3) is 0 Å². The van der Waals surface area contributed by atoms with Crippen LogP contribution in [0.5, 0.6) is 5.75 Å². The maximum Gasteiger partial charge on any atom is 0.232 e. The average molecular weight is 400 g/mol. The molecule has 2 aliphatic heterocycles. The van der Waals surface area contributed by atoms with Crippen molar-refractivity contribution in [1.82, 2.24) is 10.2 Å². The molecule has 2 aliphatic rings. The zero-order valence-corrected chi connectivity index (χ0v) is 16.1. The minimum Gasteiger partial charge on any atom is -0.497 e. The number of amides is 2. The van der Waals surface area contributed by atoms with Crippen molar-refractivity contribution < 1.29 is 23.1 Å². The van der Waals surface area contributed by atoms with E-state index in [-0.39, 0.29) is 36.5 Å². The van der Waals surface area contributed by atoms with Crippen molar-refractivity contribution in [2.75, 3.05) is 13.7 Å². The van der Waals surface area contributed by atoms with Crippen LogP contribution >= 0.6 is 0 Å². The second-order valence-electron chi connectivity index (χ2n) is 7.65. The Morgan fingerprint density at radius 1 is 1.28 bits per heavy atom. The standard InChI is InChI=1S/C22H22F2N2O3/c1-29-18-4-2-3-15(10-18)22(11-17-6-8-20(27)26(17)13-22)21(28)25-12-14-9-16(23)5-7-19(14)24/h2-5,7,9-10,17H,6,8,11-13H2,1H3,(H,25,28)/t17-,22-/m0/s1. The maximum atomic E-state index is 14.0. The SMILES string of the molecule is COc1cccc([C@]2(C(=O)NCc3cc(F)ccc3F)C[C@@H]3CCC(=O)N3C2)c1. The van der Waals surface area contributed by atoms with Crippen LogP contribution < -0.4 is 10.1 Å². The summed E-state index contributed by atoms with van der Waals surface area (Å²) in [6.45, 7) is 0.133. The molecule has 0 radical (unpaired) electrons. The molecule has 0 saturated carbocycles. The summed E-state index contributed by atoms with van der Waals surface area (Å²) < 4.78 is 32.7. The van der Waals surface area contributed by atoms with Crippen LogP contribution in [0.3, 0.4) is 0 Å². The normalized spacial score (nSPS) is 23.2. The number of fused-ring (bicyclic) bond motifs is 1. The van der Waals surface area contributed by atoms with Crippen molar-refractivity contribution in [3.8, 4) is 5.75 Å². The third kappa shape index (κ3) is 3.45. The van der Waals surface area contributed by atoms with Crippen LogP contribution in [0.1, 0.15) is 30.4 Å². The molecule has 2 aromatic rings. The molecule has 0 unspecified atom stereocenters. The van der Waals surface area contributed by atoms with Crippen molar-refractivity contribution in [2.45, 2.75) is 37.3 Å². The van der Waals surface area contributed by atoms with E-state index in [0.717, 1.165) is 30.2 Å². The van der Waals surface area contributed by atoms with Gasteiger partial charge in [0.1, 0.15) is 17.4 Å². The van der Waals surface area contributed by atoms with E-state index in [1.54, 1.807) is 30.2 Å². The Bertz CT molecular complexity index is 965. The molecular weight excluding hydrogens is 378 g/mol. The van der Waals surface area contributed by atoms with Gasteiger partial charge in [0.2, 0.25) is 11.8 Å². The van der Waals surface area contributed by atoms with Gasteiger partial charge in [0, 0.05) is 31.1 Å². The van der Waals surface area contributed by atoms with Crippen LogP contribution in [-0.4, -0.2) is 36.4 Å². The van der Waals surface area contributed by atoms with E-state index >= 15 is 0 Å². The summed E-state index contributed by atoms with van der Waals surface area (Å²) in [6, 6.07) is 10.4. The lowest BCUT2D eigenvalue weighted by molar-refractivity contribution is -0.129. The Kier molecular flexibility index (Phi) is 4.98. The van der Waals surface area contributed by atoms with Crippen molar-refractivity contribution in [3.05, 3.63) is 65.2 Å². The van der Waals surface area contributed by atoms with E-state index in [0.29, 0.717) is 18.6 Å². The van der Waals surface area contributed by atoms with E-state index < -0.39 is 17.0 Å². The number of carbonyl (C=O) groups excluding carboxylic acids is 2. The Balaban J connectivity index is 1.64. The summed E-state index contributed by atoms with van der Waals surface area (Å²) in [6.07, 6.45) is 1.70. The van der Waals surface area contributed by atoms with Gasteiger partial charge in [-0.2, -0.15) is 0 Å². The van der Waals surface area contributed by atoms with Gasteiger partial charge in [0.15, 0.2) is 0 Å². The average Bonchev–Trinajstić information content (AvgIpc) is 3.28. The van der Waals surface area contributed by atoms with Gasteiger partial charge >= 0.3 is 0 Å². The molecule has 152 valence electrons. The minimum absolute atomic E-state index is 0.00496. The Morgan fingerprint density at radius 3 is 2.86 bits per heavy atom. The fourth-order valence-corrected chi connectivity index (χ4v) is 4.43. The highest BCUT2D eigenvalue weighted by Crippen LogP contribution is 2.43. The van der Waals surface area contributed by atoms with Gasteiger partial charge in [-0.3, -0.25) is 9.59 Å². The molecule has 0 bridgehead atoms. The molecule has 1 N–H and O–H groups in total. The third-order valence-electron chi connectivity index (χ3n) is 5.98. The molecule has 29 heavy (non-hydrogen) atoms. The van der Waals surface area contributed by atoms with Gasteiger partial charge in [0.05, 0.1) is 12.5 Å². The molecule has 2 fully saturated rings. The first-order valence-corrected chi connectivity index (χ1v) is 9.59. The number of hydrogen-bond donors (Lipinski definition) is 1. The monoisotopic (exact) mass is 400 g/mol. The summed E-state index contributed by atoms with van der Waals surface area (Å²) in [5, 5.41) is 2.77. The zero-order valence-electron chi connectivity index (χ0n) is 16.1. The van der Waals surface area contributed by atoms with Crippen molar-refractivity contribution in [2.24, 2.45) is 0 Å². The van der Waals surface area contributed by atoms with Gasteiger partial charge < -0.3 is 15.0 Å². The number of hydrogen-bond acceptors (Lipinski definition) is 3. The van der Waals surface area contributed by atoms with E-state index in [9.17, 15) is 18.4 Å². The minimum atomic E-state index is -0.959. The summed E-state index contributed by atoms with van der Waals surface area (Å²) in [4.78, 5) is 27.4. The first-order valence-electron chi connectivity index (χ1n) is 9.59. The molecule has 2 heterocycles. The van der Waals surface area contributed by atoms with Crippen molar-refractivity contribution in [3.63, 3.8) is 0 Å². The van der Waals surface area contributed by atoms with Gasteiger partial charge in [-0.25, -0.2) is 8.78 Å². The molecule has 2 saturated heterocycles. The highest BCUT2D eigenvalue weighted by molar-refractivity contribution is 5.91. The van der Waals surface area contributed by atoms with Crippen LogP contribution in [0.15, 0.2) is 42.5 Å². The predicted molar refractivity (Wildman–Crippen MR) is 102 cm³/mol. The second kappa shape index (κ2) is 7.46. The number of nitrogens with zero attached hydrogens (tertiary/aromatic N) is 1. The molecule has 2 amide bonds. The summed E-state index contributed by atoms with van der Waals surface area (Å²) >= 11 is 0. The highest BCUT2D eigenvalue weighted by Gasteiger charge is 2.53. The first kappa shape index (κ1) is 19.4. The summed E-state index contributed by atoms with van der Waals surface area (Å²) in [5.41, 5.74) is -0.135. The molecular formula is C22H22F2N2O3. The molecule has 2 aromatic carbocycles. The second-order valence-corrected chi connectivity index (χ2v) is 7.65. The number of ether oxygens (including phenoxy) is 1. The van der Waals surface area contributed by atoms with Crippen LogP contribution in [0.4, 0.5) is 8.78 Å². The molecule has 0 aromatic heterocycles. The number of carbonyl (C=O) groups is 2. The highest BCUT2D eigenvalue weighted by atomic mass is 19.1. The van der Waals surface area contributed by atoms with Crippen molar-refractivity contribution in [1.29, 1.82) is 0 Å². The van der Waals surface area contributed by atoms with Gasteiger partial charge in [-0.05, 0) is 48.7 Å². The Morgan fingerprint density at radius 2 is 2.10 bits per heavy atom. The van der Waals surface area contributed by atoms with Gasteiger partial charge in [-0.15, -0.1) is 0 Å². The third-order valence-corrected chi connectivity index (χ3v) is 5.98. The molecule has 4 rings (SSSR count). The topological polar surface area (TPSA) is 58.6 Å². The number of benzene rings is 2. The van der Waals surface area contributed by atoms with Gasteiger partial charge in [-0.1, -0.05) is 12.1 Å². The summed E-state index contributed by atoms with van der Waals surface area (Å²) in [5.74, 6) is -0.792. The lowest BCUT2D eigenvalue weighted by Gasteiger charge is -2.29. The Hall–Kier alpha value is -2.96. The molecule has 5 nitrogen and oxygen atoms in total. The molecule has 0 aliphatic carbocycles. The lowest BCUT2D eigenvalue weighted by atomic mass is 9.76. The van der Waals surface area contributed by atoms with E-state index in [2.05, 4.69) is 5.32 Å². The van der Waals surface area contributed by atoms with Crippen LogP contribution in [-0.2, 0) is 21.5 Å².